The summed E-state index contributed by atoms with van der Waals surface area (Å²) in [5, 5.41) is 2.47. The smallest absolute Gasteiger partial charge is 0.0105 e. The zero-order valence-corrected chi connectivity index (χ0v) is 30.1. The van der Waals surface area contributed by atoms with E-state index in [4.69, 9.17) is 0 Å². The molecule has 0 nitrogen and oxygen atoms in total. The quantitative estimate of drug-likeness (QED) is 0.125. The van der Waals surface area contributed by atoms with Gasteiger partial charge in [0.1, 0.15) is 0 Å². The minimum Gasteiger partial charge on any atom is -0.0622 e. The van der Waals surface area contributed by atoms with Crippen molar-refractivity contribution in [3.8, 4) is 0 Å². The largest absolute Gasteiger partial charge is 0.0622 e. The van der Waals surface area contributed by atoms with Gasteiger partial charge in [0.15, 0.2) is 0 Å². The van der Waals surface area contributed by atoms with Crippen molar-refractivity contribution >= 4 is 58.4 Å². The normalized spacial score (nSPS) is 11.2. The maximum Gasteiger partial charge on any atom is -0.0105 e. The molecule has 0 amide bonds. The monoisotopic (exact) mass is 688 g/mol. The lowest BCUT2D eigenvalue weighted by atomic mass is 9.95. The van der Waals surface area contributed by atoms with Gasteiger partial charge in [0.05, 0.1) is 0 Å². The molecule has 0 fully saturated rings. The van der Waals surface area contributed by atoms with Gasteiger partial charge in [-0.1, -0.05) is 218 Å². The van der Waals surface area contributed by atoms with Crippen LogP contribution in [-0.4, -0.2) is 0 Å². The minimum absolute atomic E-state index is 1.16. The Labute approximate surface area is 319 Å². The van der Waals surface area contributed by atoms with E-state index in [-0.39, 0.29) is 0 Å². The summed E-state index contributed by atoms with van der Waals surface area (Å²) in [7, 11) is 0. The van der Waals surface area contributed by atoms with E-state index in [1.807, 2.05) is 0 Å². The Hall–Kier alpha value is -7.02. The molecule has 0 bridgehead atoms. The second-order valence-electron chi connectivity index (χ2n) is 13.4. The van der Waals surface area contributed by atoms with Gasteiger partial charge in [-0.05, 0) is 102 Å². The standard InChI is InChI=1S/C54H40/c1-5-15-46(16-6-1)53(47-17-7-2-8-18-47)39-43-30-25-41(26-31-43)29-34-45-37-50-23-13-14-24-52(50)51(38-45)36-35-42-27-32-44(33-28-42)40-54(48-19-9-3-10-20-48)49-21-11-4-12-22-49/h1-40H/b34-29-,36-35-. The van der Waals surface area contributed by atoms with Crippen LogP contribution in [0.5, 0.6) is 0 Å². The third-order valence-corrected chi connectivity index (χ3v) is 9.67. The Kier molecular flexibility index (Phi) is 10.4. The molecule has 0 aromatic heterocycles. The Balaban J connectivity index is 1.03. The molecule has 0 atom stereocenters. The van der Waals surface area contributed by atoms with Gasteiger partial charge in [0, 0.05) is 0 Å². The van der Waals surface area contributed by atoms with Crippen molar-refractivity contribution in [1.29, 1.82) is 0 Å². The lowest BCUT2D eigenvalue weighted by Crippen LogP contribution is -1.88. The molecule has 0 unspecified atom stereocenters. The Morgan fingerprint density at radius 3 is 1.07 bits per heavy atom. The molecule has 0 heterocycles. The van der Waals surface area contributed by atoms with Gasteiger partial charge in [-0.3, -0.25) is 0 Å². The van der Waals surface area contributed by atoms with Crippen molar-refractivity contribution in [2.24, 2.45) is 0 Å². The molecule has 0 aliphatic rings. The molecule has 0 radical (unpaired) electrons. The molecule has 0 heteroatoms. The zero-order chi connectivity index (χ0) is 36.4. The first-order valence-electron chi connectivity index (χ1n) is 18.5. The number of fused-ring (bicyclic) bond motifs is 1. The van der Waals surface area contributed by atoms with Crippen LogP contribution in [0.15, 0.2) is 206 Å². The van der Waals surface area contributed by atoms with Crippen molar-refractivity contribution in [1.82, 2.24) is 0 Å². The number of benzene rings is 8. The first-order valence-corrected chi connectivity index (χ1v) is 18.5. The SMILES string of the molecule is C(=C(c1ccccc1)c1ccccc1)c1ccc(/C=C\c2cc(/C=C\c3ccc(C=C(c4ccccc4)c4ccccc4)cc3)c3ccccc3c2)cc1. The van der Waals surface area contributed by atoms with Crippen molar-refractivity contribution in [3.63, 3.8) is 0 Å². The van der Waals surface area contributed by atoms with Gasteiger partial charge in [0.2, 0.25) is 0 Å². The Bertz CT molecular complexity index is 2490. The number of rotatable bonds is 10. The van der Waals surface area contributed by atoms with E-state index in [1.54, 1.807) is 0 Å². The maximum atomic E-state index is 2.28. The van der Waals surface area contributed by atoms with Crippen LogP contribution < -0.4 is 0 Å². The van der Waals surface area contributed by atoms with Crippen LogP contribution in [0, 0.1) is 0 Å². The lowest BCUT2D eigenvalue weighted by Gasteiger charge is -2.09. The first kappa shape index (κ1) is 34.1. The van der Waals surface area contributed by atoms with E-state index in [9.17, 15) is 0 Å². The van der Waals surface area contributed by atoms with E-state index in [2.05, 4.69) is 243 Å². The topological polar surface area (TPSA) is 0 Å². The van der Waals surface area contributed by atoms with E-state index in [1.165, 1.54) is 66.4 Å². The average molecular weight is 689 g/mol. The molecule has 54 heavy (non-hydrogen) atoms. The molecule has 0 aliphatic heterocycles. The van der Waals surface area contributed by atoms with Crippen LogP contribution in [0.4, 0.5) is 0 Å². The van der Waals surface area contributed by atoms with Gasteiger partial charge in [-0.25, -0.2) is 0 Å². The summed E-state index contributed by atoms with van der Waals surface area (Å²) < 4.78 is 0. The van der Waals surface area contributed by atoms with Crippen molar-refractivity contribution in [2.75, 3.05) is 0 Å². The van der Waals surface area contributed by atoms with Crippen LogP contribution >= 0.6 is 0 Å². The van der Waals surface area contributed by atoms with Crippen LogP contribution in [0.3, 0.4) is 0 Å². The summed E-state index contributed by atoms with van der Waals surface area (Å²) in [6, 6.07) is 73.2. The fourth-order valence-electron chi connectivity index (χ4n) is 6.85. The van der Waals surface area contributed by atoms with Gasteiger partial charge in [-0.2, -0.15) is 0 Å². The summed E-state index contributed by atoms with van der Waals surface area (Å²) in [4.78, 5) is 0. The third kappa shape index (κ3) is 8.37. The predicted octanol–water partition coefficient (Wildman–Crippen LogP) is 14.4. The Morgan fingerprint density at radius 2 is 0.630 bits per heavy atom. The summed E-state index contributed by atoms with van der Waals surface area (Å²) >= 11 is 0. The second-order valence-corrected chi connectivity index (χ2v) is 13.4. The highest BCUT2D eigenvalue weighted by molar-refractivity contribution is 5.96. The molecule has 0 aliphatic carbocycles. The van der Waals surface area contributed by atoms with E-state index in [0.717, 1.165) is 11.1 Å². The van der Waals surface area contributed by atoms with Gasteiger partial charge in [0.25, 0.3) is 0 Å². The second kappa shape index (κ2) is 16.5. The highest BCUT2D eigenvalue weighted by atomic mass is 14.1. The zero-order valence-electron chi connectivity index (χ0n) is 30.1. The number of hydrogen-bond donors (Lipinski definition) is 0. The fourth-order valence-corrected chi connectivity index (χ4v) is 6.85. The minimum atomic E-state index is 1.16. The first-order chi connectivity index (χ1) is 26.7. The molecule has 0 saturated carbocycles. The molecule has 0 saturated heterocycles. The molecule has 8 aromatic rings. The molecule has 8 rings (SSSR count). The molecule has 0 spiro atoms. The highest BCUT2D eigenvalue weighted by Gasteiger charge is 2.07. The van der Waals surface area contributed by atoms with Crippen LogP contribution in [-0.2, 0) is 0 Å². The van der Waals surface area contributed by atoms with Crippen molar-refractivity contribution in [2.45, 2.75) is 0 Å². The summed E-state index contributed by atoms with van der Waals surface area (Å²) in [5.41, 5.74) is 14.3. The van der Waals surface area contributed by atoms with Crippen molar-refractivity contribution < 1.29 is 0 Å². The summed E-state index contributed by atoms with van der Waals surface area (Å²) in [6.45, 7) is 0. The van der Waals surface area contributed by atoms with Crippen molar-refractivity contribution in [3.05, 3.63) is 262 Å². The van der Waals surface area contributed by atoms with Crippen LogP contribution in [0.2, 0.25) is 0 Å². The fraction of sp³-hybridized carbons (Fsp3) is 0. The summed E-state index contributed by atoms with van der Waals surface area (Å²) in [6.07, 6.45) is 13.4. The van der Waals surface area contributed by atoms with E-state index < -0.39 is 0 Å². The molecular formula is C54H40. The predicted molar refractivity (Wildman–Crippen MR) is 234 cm³/mol. The van der Waals surface area contributed by atoms with Crippen LogP contribution in [0.1, 0.15) is 55.6 Å². The highest BCUT2D eigenvalue weighted by Crippen LogP contribution is 2.29. The van der Waals surface area contributed by atoms with Crippen LogP contribution in [0.25, 0.3) is 58.4 Å². The molecule has 8 aromatic carbocycles. The molecule has 0 N–H and O–H groups in total. The van der Waals surface area contributed by atoms with Gasteiger partial charge >= 0.3 is 0 Å². The van der Waals surface area contributed by atoms with E-state index >= 15 is 0 Å². The lowest BCUT2D eigenvalue weighted by molar-refractivity contribution is 1.55. The van der Waals surface area contributed by atoms with E-state index in [0.29, 0.717) is 0 Å². The van der Waals surface area contributed by atoms with Gasteiger partial charge < -0.3 is 0 Å². The third-order valence-electron chi connectivity index (χ3n) is 9.67. The maximum absolute atomic E-state index is 2.28. The van der Waals surface area contributed by atoms with Gasteiger partial charge in [-0.15, -0.1) is 0 Å². The molecule has 256 valence electrons. The Morgan fingerprint density at radius 1 is 0.278 bits per heavy atom. The number of hydrogen-bond acceptors (Lipinski definition) is 0. The summed E-state index contributed by atoms with van der Waals surface area (Å²) in [5.74, 6) is 0. The average Bonchev–Trinajstić information content (AvgIpc) is 3.25. The molecular weight excluding hydrogens is 649 g/mol.